The molecule has 4 nitrogen and oxygen atoms in total. The molecular formula is C15H17NO3. The molecule has 0 spiro atoms. The zero-order chi connectivity index (χ0) is 13.8. The number of Topliss-reactive ketones (excluding diaryl/α,β-unsaturated/α-hetero) is 1. The normalized spacial score (nSPS) is 12.4. The van der Waals surface area contributed by atoms with E-state index >= 15 is 0 Å². The summed E-state index contributed by atoms with van der Waals surface area (Å²) in [6.07, 6.45) is -0.00220. The van der Waals surface area contributed by atoms with Crippen molar-refractivity contribution in [1.29, 1.82) is 0 Å². The zero-order valence-corrected chi connectivity index (χ0v) is 10.8. The number of rotatable bonds is 5. The van der Waals surface area contributed by atoms with Crippen LogP contribution < -0.4 is 5.73 Å². The van der Waals surface area contributed by atoms with E-state index in [9.17, 15) is 9.90 Å². The van der Waals surface area contributed by atoms with Gasteiger partial charge >= 0.3 is 0 Å². The van der Waals surface area contributed by atoms with Gasteiger partial charge in [0.15, 0.2) is 11.5 Å². The molecule has 1 unspecified atom stereocenters. The van der Waals surface area contributed by atoms with Crippen LogP contribution in [-0.4, -0.2) is 17.4 Å². The lowest BCUT2D eigenvalue weighted by Crippen LogP contribution is -2.06. The standard InChI is InChI=1S/C15H17NO3/c1-10(17)14-6-7-15(19-14)12-4-2-11(3-5-12)13(18)8-9-16/h2-7,13,18H,8-9,16H2,1H3. The fraction of sp³-hybridized carbons (Fsp3) is 0.267. The van der Waals surface area contributed by atoms with Gasteiger partial charge in [0.25, 0.3) is 0 Å². The molecule has 0 bridgehead atoms. The molecule has 0 fully saturated rings. The van der Waals surface area contributed by atoms with Gasteiger partial charge in [-0.3, -0.25) is 4.79 Å². The van der Waals surface area contributed by atoms with Crippen LogP contribution in [0.25, 0.3) is 11.3 Å². The summed E-state index contributed by atoms with van der Waals surface area (Å²) in [6, 6.07) is 10.8. The van der Waals surface area contributed by atoms with E-state index in [1.54, 1.807) is 12.1 Å². The molecule has 19 heavy (non-hydrogen) atoms. The van der Waals surface area contributed by atoms with Crippen LogP contribution in [0.1, 0.15) is 35.6 Å². The van der Waals surface area contributed by atoms with Crippen molar-refractivity contribution in [1.82, 2.24) is 0 Å². The van der Waals surface area contributed by atoms with Crippen molar-refractivity contribution in [2.45, 2.75) is 19.4 Å². The Bertz CT molecular complexity index is 557. The van der Waals surface area contributed by atoms with Crippen molar-refractivity contribution >= 4 is 5.78 Å². The molecule has 1 atom stereocenters. The average Bonchev–Trinajstić information content (AvgIpc) is 2.89. The summed E-state index contributed by atoms with van der Waals surface area (Å²) in [6.45, 7) is 1.91. The smallest absolute Gasteiger partial charge is 0.194 e. The summed E-state index contributed by atoms with van der Waals surface area (Å²) in [7, 11) is 0. The van der Waals surface area contributed by atoms with Gasteiger partial charge in [-0.05, 0) is 30.7 Å². The van der Waals surface area contributed by atoms with Crippen LogP contribution in [-0.2, 0) is 0 Å². The van der Waals surface area contributed by atoms with Crippen molar-refractivity contribution in [3.63, 3.8) is 0 Å². The third-order valence-corrected chi connectivity index (χ3v) is 2.97. The Morgan fingerprint density at radius 2 is 1.95 bits per heavy atom. The number of hydrogen-bond acceptors (Lipinski definition) is 4. The second-order valence-corrected chi connectivity index (χ2v) is 4.44. The number of carbonyl (C=O) groups excluding carboxylic acids is 1. The van der Waals surface area contributed by atoms with Crippen LogP contribution in [0.4, 0.5) is 0 Å². The van der Waals surface area contributed by atoms with E-state index in [0.717, 1.165) is 11.1 Å². The molecule has 0 radical (unpaired) electrons. The number of aliphatic hydroxyl groups is 1. The number of ketones is 1. The molecule has 4 heteroatoms. The molecule has 0 aliphatic rings. The highest BCUT2D eigenvalue weighted by Crippen LogP contribution is 2.25. The number of furan rings is 1. The average molecular weight is 259 g/mol. The molecule has 0 aliphatic carbocycles. The molecule has 0 saturated heterocycles. The van der Waals surface area contributed by atoms with Crippen molar-refractivity contribution in [2.75, 3.05) is 6.54 Å². The Morgan fingerprint density at radius 1 is 1.26 bits per heavy atom. The van der Waals surface area contributed by atoms with Gasteiger partial charge in [-0.15, -0.1) is 0 Å². The highest BCUT2D eigenvalue weighted by atomic mass is 16.3. The molecule has 0 amide bonds. The predicted octanol–water partition coefficient (Wildman–Crippen LogP) is 2.53. The SMILES string of the molecule is CC(=O)c1ccc(-c2ccc(C(O)CCN)cc2)o1. The fourth-order valence-electron chi connectivity index (χ4n) is 1.88. The van der Waals surface area contributed by atoms with Crippen molar-refractivity contribution in [3.05, 3.63) is 47.7 Å². The van der Waals surface area contributed by atoms with Gasteiger partial charge in [0, 0.05) is 12.5 Å². The van der Waals surface area contributed by atoms with E-state index in [4.69, 9.17) is 10.2 Å². The molecule has 100 valence electrons. The number of hydrogen-bond donors (Lipinski definition) is 2. The number of benzene rings is 1. The summed E-state index contributed by atoms with van der Waals surface area (Å²) in [5.74, 6) is 0.897. The van der Waals surface area contributed by atoms with Crippen LogP contribution in [0.3, 0.4) is 0 Å². The van der Waals surface area contributed by atoms with E-state index in [-0.39, 0.29) is 5.78 Å². The summed E-state index contributed by atoms with van der Waals surface area (Å²) < 4.78 is 5.45. The molecule has 2 aromatic rings. The van der Waals surface area contributed by atoms with Crippen molar-refractivity contribution in [2.24, 2.45) is 5.73 Å². The minimum atomic E-state index is -0.538. The minimum absolute atomic E-state index is 0.0961. The van der Waals surface area contributed by atoms with Gasteiger partial charge in [0.1, 0.15) is 5.76 Å². The van der Waals surface area contributed by atoms with Gasteiger partial charge in [-0.1, -0.05) is 24.3 Å². The Hall–Kier alpha value is -1.91. The van der Waals surface area contributed by atoms with Crippen LogP contribution in [0.15, 0.2) is 40.8 Å². The summed E-state index contributed by atoms with van der Waals surface area (Å²) in [4.78, 5) is 11.2. The summed E-state index contributed by atoms with van der Waals surface area (Å²) >= 11 is 0. The maximum Gasteiger partial charge on any atom is 0.194 e. The van der Waals surface area contributed by atoms with Gasteiger partial charge in [0.05, 0.1) is 6.10 Å². The lowest BCUT2D eigenvalue weighted by atomic mass is 10.0. The Kier molecular flexibility index (Phi) is 4.14. The largest absolute Gasteiger partial charge is 0.453 e. The van der Waals surface area contributed by atoms with E-state index in [1.165, 1.54) is 6.92 Å². The van der Waals surface area contributed by atoms with Gasteiger partial charge in [-0.2, -0.15) is 0 Å². The second kappa shape index (κ2) is 5.82. The Morgan fingerprint density at radius 3 is 2.47 bits per heavy atom. The monoisotopic (exact) mass is 259 g/mol. The van der Waals surface area contributed by atoms with E-state index in [0.29, 0.717) is 24.5 Å². The fourth-order valence-corrected chi connectivity index (χ4v) is 1.88. The quantitative estimate of drug-likeness (QED) is 0.809. The molecule has 3 N–H and O–H groups in total. The summed E-state index contributed by atoms with van der Waals surface area (Å²) in [5, 5.41) is 9.81. The number of aliphatic hydroxyl groups excluding tert-OH is 1. The highest BCUT2D eigenvalue weighted by Gasteiger charge is 2.10. The topological polar surface area (TPSA) is 76.5 Å². The first-order valence-corrected chi connectivity index (χ1v) is 6.21. The Balaban J connectivity index is 2.19. The first-order valence-electron chi connectivity index (χ1n) is 6.21. The maximum absolute atomic E-state index is 11.2. The predicted molar refractivity (Wildman–Crippen MR) is 72.8 cm³/mol. The molecule has 1 aromatic heterocycles. The third kappa shape index (κ3) is 3.10. The van der Waals surface area contributed by atoms with Crippen LogP contribution in [0.5, 0.6) is 0 Å². The van der Waals surface area contributed by atoms with Crippen LogP contribution in [0, 0.1) is 0 Å². The zero-order valence-electron chi connectivity index (χ0n) is 10.8. The molecule has 1 aromatic carbocycles. The van der Waals surface area contributed by atoms with E-state index in [2.05, 4.69) is 0 Å². The van der Waals surface area contributed by atoms with E-state index in [1.807, 2.05) is 24.3 Å². The molecule has 0 aliphatic heterocycles. The lowest BCUT2D eigenvalue weighted by molar-refractivity contribution is 0.0988. The first-order chi connectivity index (χ1) is 9.11. The van der Waals surface area contributed by atoms with Crippen LogP contribution in [0.2, 0.25) is 0 Å². The van der Waals surface area contributed by atoms with Gasteiger partial charge < -0.3 is 15.3 Å². The van der Waals surface area contributed by atoms with Gasteiger partial charge in [0.2, 0.25) is 0 Å². The maximum atomic E-state index is 11.2. The third-order valence-electron chi connectivity index (χ3n) is 2.97. The number of nitrogens with two attached hydrogens (primary N) is 1. The first kappa shape index (κ1) is 13.5. The van der Waals surface area contributed by atoms with Crippen molar-refractivity contribution < 1.29 is 14.3 Å². The lowest BCUT2D eigenvalue weighted by Gasteiger charge is -2.09. The summed E-state index contributed by atoms with van der Waals surface area (Å²) in [5.41, 5.74) is 7.11. The van der Waals surface area contributed by atoms with Gasteiger partial charge in [-0.25, -0.2) is 0 Å². The minimum Gasteiger partial charge on any atom is -0.453 e. The van der Waals surface area contributed by atoms with Crippen molar-refractivity contribution in [3.8, 4) is 11.3 Å². The van der Waals surface area contributed by atoms with Crippen LogP contribution >= 0.6 is 0 Å². The Labute approximate surface area is 111 Å². The molecule has 1 heterocycles. The molecule has 0 saturated carbocycles. The number of carbonyl (C=O) groups is 1. The molecular weight excluding hydrogens is 242 g/mol. The second-order valence-electron chi connectivity index (χ2n) is 4.44. The highest BCUT2D eigenvalue weighted by molar-refractivity contribution is 5.91. The molecule has 2 rings (SSSR count). The van der Waals surface area contributed by atoms with E-state index < -0.39 is 6.10 Å².